The molecule has 0 saturated carbocycles. The van der Waals surface area contributed by atoms with Gasteiger partial charge in [-0.3, -0.25) is 9.59 Å². The van der Waals surface area contributed by atoms with Crippen LogP contribution in [0.15, 0.2) is 23.1 Å². The third-order valence-electron chi connectivity index (χ3n) is 4.21. The minimum absolute atomic E-state index is 0.0399. The van der Waals surface area contributed by atoms with Gasteiger partial charge in [-0.05, 0) is 38.0 Å². The Morgan fingerprint density at radius 2 is 1.78 bits per heavy atom. The molecule has 8 heteroatoms. The van der Waals surface area contributed by atoms with Crippen LogP contribution in [0.3, 0.4) is 0 Å². The van der Waals surface area contributed by atoms with Gasteiger partial charge in [-0.2, -0.15) is 4.31 Å². The van der Waals surface area contributed by atoms with E-state index in [1.54, 1.807) is 0 Å². The average Bonchev–Trinajstić information content (AvgIpc) is 2.62. The van der Waals surface area contributed by atoms with Crippen LogP contribution < -0.4 is 10.6 Å². The van der Waals surface area contributed by atoms with Crippen molar-refractivity contribution in [3.63, 3.8) is 0 Å². The zero-order valence-electron chi connectivity index (χ0n) is 12.8. The summed E-state index contributed by atoms with van der Waals surface area (Å²) in [6.07, 6.45) is 2.44. The van der Waals surface area contributed by atoms with E-state index in [0.717, 1.165) is 19.3 Å². The number of benzene rings is 1. The summed E-state index contributed by atoms with van der Waals surface area (Å²) in [5.74, 6) is -0.872. The number of nitrogens with zero attached hydrogens (tertiary/aromatic N) is 1. The number of carbonyl (C=O) groups excluding carboxylic acids is 2. The molecule has 0 bridgehead atoms. The van der Waals surface area contributed by atoms with E-state index in [-0.39, 0.29) is 17.4 Å². The normalized spacial score (nSPS) is 22.7. The van der Waals surface area contributed by atoms with Crippen LogP contribution in [0.4, 0.5) is 11.4 Å². The topological polar surface area (TPSA) is 95.6 Å². The van der Waals surface area contributed by atoms with Crippen LogP contribution in [0.1, 0.15) is 32.6 Å². The Morgan fingerprint density at radius 3 is 2.48 bits per heavy atom. The maximum Gasteiger partial charge on any atom is 0.243 e. The Morgan fingerprint density at radius 1 is 1.09 bits per heavy atom. The second kappa shape index (κ2) is 5.93. The van der Waals surface area contributed by atoms with Gasteiger partial charge in [-0.15, -0.1) is 0 Å². The minimum Gasteiger partial charge on any atom is -0.324 e. The summed E-state index contributed by atoms with van der Waals surface area (Å²) in [5, 5.41) is 5.16. The first-order chi connectivity index (χ1) is 10.9. The third-order valence-corrected chi connectivity index (χ3v) is 6.22. The molecule has 2 amide bonds. The Labute approximate surface area is 135 Å². The molecule has 1 aromatic carbocycles. The lowest BCUT2D eigenvalue weighted by atomic mass is 10.1. The molecule has 1 unspecified atom stereocenters. The smallest absolute Gasteiger partial charge is 0.243 e. The molecule has 2 N–H and O–H groups in total. The van der Waals surface area contributed by atoms with E-state index < -0.39 is 21.8 Å². The molecule has 2 aliphatic rings. The first-order valence-corrected chi connectivity index (χ1v) is 9.07. The summed E-state index contributed by atoms with van der Waals surface area (Å²) in [7, 11) is -3.62. The van der Waals surface area contributed by atoms with Gasteiger partial charge in [-0.1, -0.05) is 6.42 Å². The molecule has 1 saturated heterocycles. The molecular weight excluding hydrogens is 318 g/mol. The van der Waals surface area contributed by atoms with Crippen LogP contribution in [-0.2, 0) is 19.6 Å². The van der Waals surface area contributed by atoms with Crippen molar-refractivity contribution in [3.8, 4) is 0 Å². The number of sulfonamides is 1. The number of nitrogens with one attached hydrogen (secondary N) is 2. The zero-order valence-corrected chi connectivity index (χ0v) is 13.6. The van der Waals surface area contributed by atoms with Crippen molar-refractivity contribution in [2.75, 3.05) is 17.2 Å². The van der Waals surface area contributed by atoms with E-state index in [2.05, 4.69) is 10.6 Å². The maximum absolute atomic E-state index is 12.8. The van der Waals surface area contributed by atoms with Crippen LogP contribution in [0.5, 0.6) is 0 Å². The number of rotatable bonds is 2. The SMILES string of the molecule is CC1CCCCN1S(=O)(=O)c1ccc2c(c1)NC(=O)CC(=O)N2. The lowest BCUT2D eigenvalue weighted by Gasteiger charge is -2.32. The van der Waals surface area contributed by atoms with E-state index in [0.29, 0.717) is 17.9 Å². The van der Waals surface area contributed by atoms with Gasteiger partial charge in [0.25, 0.3) is 0 Å². The molecule has 0 aliphatic carbocycles. The molecule has 0 aromatic heterocycles. The van der Waals surface area contributed by atoms with E-state index >= 15 is 0 Å². The quantitative estimate of drug-likeness (QED) is 0.800. The monoisotopic (exact) mass is 337 g/mol. The van der Waals surface area contributed by atoms with Crippen LogP contribution in [0.25, 0.3) is 0 Å². The predicted octanol–water partition coefficient (Wildman–Crippen LogP) is 1.53. The number of anilines is 2. The second-order valence-electron chi connectivity index (χ2n) is 5.94. The van der Waals surface area contributed by atoms with Gasteiger partial charge < -0.3 is 10.6 Å². The highest BCUT2D eigenvalue weighted by molar-refractivity contribution is 7.89. The molecule has 0 spiro atoms. The molecule has 23 heavy (non-hydrogen) atoms. The average molecular weight is 337 g/mol. The largest absolute Gasteiger partial charge is 0.324 e. The van der Waals surface area contributed by atoms with E-state index in [4.69, 9.17) is 0 Å². The number of hydrogen-bond acceptors (Lipinski definition) is 4. The first kappa shape index (κ1) is 15.9. The Balaban J connectivity index is 1.98. The number of piperidine rings is 1. The Hall–Kier alpha value is -1.93. The third kappa shape index (κ3) is 3.09. The van der Waals surface area contributed by atoms with Crippen LogP contribution in [0.2, 0.25) is 0 Å². The summed E-state index contributed by atoms with van der Waals surface area (Å²) in [6, 6.07) is 4.35. The molecule has 1 fully saturated rings. The summed E-state index contributed by atoms with van der Waals surface area (Å²) in [4.78, 5) is 23.3. The zero-order chi connectivity index (χ0) is 16.6. The molecule has 124 valence electrons. The highest BCUT2D eigenvalue weighted by Gasteiger charge is 2.31. The van der Waals surface area contributed by atoms with E-state index in [1.165, 1.54) is 22.5 Å². The predicted molar refractivity (Wildman–Crippen MR) is 85.5 cm³/mol. The first-order valence-electron chi connectivity index (χ1n) is 7.63. The lowest BCUT2D eigenvalue weighted by molar-refractivity contribution is -0.123. The Bertz CT molecular complexity index is 760. The van der Waals surface area contributed by atoms with Gasteiger partial charge >= 0.3 is 0 Å². The highest BCUT2D eigenvalue weighted by Crippen LogP contribution is 2.31. The number of fused-ring (bicyclic) bond motifs is 1. The fraction of sp³-hybridized carbons (Fsp3) is 0.467. The van der Waals surface area contributed by atoms with E-state index in [1.807, 2.05) is 6.92 Å². The van der Waals surface area contributed by atoms with Gasteiger partial charge in [-0.25, -0.2) is 8.42 Å². The standard InChI is InChI=1S/C15H19N3O4S/c1-10-4-2-3-7-18(10)23(21,22)11-5-6-12-13(8-11)17-15(20)9-14(19)16-12/h5-6,8,10H,2-4,7,9H2,1H3,(H,16,19)(H,17,20). The van der Waals surface area contributed by atoms with Crippen molar-refractivity contribution in [1.82, 2.24) is 4.31 Å². The lowest BCUT2D eigenvalue weighted by Crippen LogP contribution is -2.41. The molecule has 7 nitrogen and oxygen atoms in total. The number of hydrogen-bond donors (Lipinski definition) is 2. The van der Waals surface area contributed by atoms with Gasteiger partial charge in [0, 0.05) is 12.6 Å². The minimum atomic E-state index is -3.62. The number of amides is 2. The Kier molecular flexibility index (Phi) is 4.11. The van der Waals surface area contributed by atoms with Crippen molar-refractivity contribution in [2.24, 2.45) is 0 Å². The van der Waals surface area contributed by atoms with Gasteiger partial charge in [0.05, 0.1) is 16.3 Å². The molecule has 2 aliphatic heterocycles. The summed E-state index contributed by atoms with van der Waals surface area (Å²) >= 11 is 0. The van der Waals surface area contributed by atoms with Crippen molar-refractivity contribution in [2.45, 2.75) is 43.5 Å². The van der Waals surface area contributed by atoms with Crippen LogP contribution in [-0.4, -0.2) is 37.1 Å². The van der Waals surface area contributed by atoms with E-state index in [9.17, 15) is 18.0 Å². The molecular formula is C15H19N3O4S. The number of carbonyl (C=O) groups is 2. The van der Waals surface area contributed by atoms with Crippen LogP contribution >= 0.6 is 0 Å². The second-order valence-corrected chi connectivity index (χ2v) is 7.83. The molecule has 1 atom stereocenters. The summed E-state index contributed by atoms with van der Waals surface area (Å²) in [6.45, 7) is 2.41. The van der Waals surface area contributed by atoms with Crippen LogP contribution in [0, 0.1) is 0 Å². The molecule has 1 aromatic rings. The van der Waals surface area contributed by atoms with Crippen molar-refractivity contribution < 1.29 is 18.0 Å². The van der Waals surface area contributed by atoms with Gasteiger partial charge in [0.2, 0.25) is 21.8 Å². The van der Waals surface area contributed by atoms with Gasteiger partial charge in [0.15, 0.2) is 0 Å². The van der Waals surface area contributed by atoms with Crippen molar-refractivity contribution in [3.05, 3.63) is 18.2 Å². The maximum atomic E-state index is 12.8. The molecule has 2 heterocycles. The highest BCUT2D eigenvalue weighted by atomic mass is 32.2. The fourth-order valence-corrected chi connectivity index (χ4v) is 4.72. The molecule has 3 rings (SSSR count). The van der Waals surface area contributed by atoms with Crippen molar-refractivity contribution >= 4 is 33.2 Å². The fourth-order valence-electron chi connectivity index (χ4n) is 3.00. The summed E-state index contributed by atoms with van der Waals surface area (Å²) < 4.78 is 27.2. The van der Waals surface area contributed by atoms with Crippen molar-refractivity contribution in [1.29, 1.82) is 0 Å². The van der Waals surface area contributed by atoms with Gasteiger partial charge in [0.1, 0.15) is 6.42 Å². The molecule has 0 radical (unpaired) electrons. The summed E-state index contributed by atoms with van der Waals surface area (Å²) in [5.41, 5.74) is 0.720.